The molecule has 20 heavy (non-hydrogen) atoms. The second-order valence-electron chi connectivity index (χ2n) is 6.18. The summed E-state index contributed by atoms with van der Waals surface area (Å²) in [5.41, 5.74) is 3.90. The van der Waals surface area contributed by atoms with Crippen LogP contribution in [0.5, 0.6) is 0 Å². The highest BCUT2D eigenvalue weighted by Gasteiger charge is 2.12. The van der Waals surface area contributed by atoms with Crippen molar-refractivity contribution in [1.29, 1.82) is 0 Å². The second-order valence-corrected chi connectivity index (χ2v) is 6.18. The molecule has 0 aliphatic heterocycles. The van der Waals surface area contributed by atoms with E-state index in [-0.39, 0.29) is 11.2 Å². The molecule has 0 aliphatic rings. The summed E-state index contributed by atoms with van der Waals surface area (Å²) in [6, 6.07) is 15.3. The Labute approximate surface area is 120 Å². The third kappa shape index (κ3) is 4.17. The van der Waals surface area contributed by atoms with Gasteiger partial charge in [-0.05, 0) is 34.2 Å². The van der Waals surface area contributed by atoms with Crippen LogP contribution in [0.25, 0.3) is 0 Å². The normalized spacial score (nSPS) is 11.6. The van der Waals surface area contributed by atoms with Crippen LogP contribution in [0, 0.1) is 5.82 Å². The standard InChI is InChI=1S/C18H22FN/c1-18(2,3)16-8-4-14(5-9-16)12-20-13-15-6-10-17(19)11-7-15/h4-11,20H,12-13H2,1-3H3. The van der Waals surface area contributed by atoms with Gasteiger partial charge < -0.3 is 5.32 Å². The maximum atomic E-state index is 12.8. The molecule has 1 N–H and O–H groups in total. The van der Waals surface area contributed by atoms with E-state index in [2.05, 4.69) is 50.4 Å². The van der Waals surface area contributed by atoms with Crippen LogP contribution in [-0.2, 0) is 18.5 Å². The van der Waals surface area contributed by atoms with Crippen LogP contribution < -0.4 is 5.32 Å². The Hall–Kier alpha value is -1.67. The monoisotopic (exact) mass is 271 g/mol. The molecule has 0 fully saturated rings. The van der Waals surface area contributed by atoms with Gasteiger partial charge in [0.15, 0.2) is 0 Å². The van der Waals surface area contributed by atoms with Crippen LogP contribution in [0.4, 0.5) is 4.39 Å². The van der Waals surface area contributed by atoms with Crippen LogP contribution in [0.3, 0.4) is 0 Å². The van der Waals surface area contributed by atoms with Gasteiger partial charge in [0.05, 0.1) is 0 Å². The lowest BCUT2D eigenvalue weighted by atomic mass is 9.87. The fourth-order valence-electron chi connectivity index (χ4n) is 2.08. The van der Waals surface area contributed by atoms with E-state index < -0.39 is 0 Å². The minimum atomic E-state index is -0.188. The molecule has 1 nitrogen and oxygen atoms in total. The fraction of sp³-hybridized carbons (Fsp3) is 0.333. The summed E-state index contributed by atoms with van der Waals surface area (Å²) in [5.74, 6) is -0.188. The van der Waals surface area contributed by atoms with Gasteiger partial charge in [0, 0.05) is 13.1 Å². The molecule has 0 bridgehead atoms. The molecule has 2 rings (SSSR count). The number of halogens is 1. The first kappa shape index (κ1) is 14.7. The second kappa shape index (κ2) is 6.19. The van der Waals surface area contributed by atoms with Crippen molar-refractivity contribution >= 4 is 0 Å². The predicted octanol–water partition coefficient (Wildman–Crippen LogP) is 4.41. The number of rotatable bonds is 4. The lowest BCUT2D eigenvalue weighted by Gasteiger charge is -2.19. The Balaban J connectivity index is 1.87. The highest BCUT2D eigenvalue weighted by atomic mass is 19.1. The first-order valence-electron chi connectivity index (χ1n) is 7.00. The van der Waals surface area contributed by atoms with E-state index in [1.54, 1.807) is 0 Å². The molecule has 0 aromatic heterocycles. The maximum absolute atomic E-state index is 12.8. The minimum absolute atomic E-state index is 0.188. The lowest BCUT2D eigenvalue weighted by molar-refractivity contribution is 0.589. The lowest BCUT2D eigenvalue weighted by Crippen LogP contribution is -2.14. The van der Waals surface area contributed by atoms with Gasteiger partial charge in [0.25, 0.3) is 0 Å². The quantitative estimate of drug-likeness (QED) is 0.868. The van der Waals surface area contributed by atoms with E-state index in [4.69, 9.17) is 0 Å². The van der Waals surface area contributed by atoms with E-state index in [1.165, 1.54) is 23.3 Å². The fourth-order valence-corrected chi connectivity index (χ4v) is 2.08. The third-order valence-electron chi connectivity index (χ3n) is 3.39. The topological polar surface area (TPSA) is 12.0 Å². The van der Waals surface area contributed by atoms with Gasteiger partial charge in [-0.25, -0.2) is 4.39 Å². The zero-order valence-corrected chi connectivity index (χ0v) is 12.4. The zero-order chi connectivity index (χ0) is 14.6. The number of benzene rings is 2. The highest BCUT2D eigenvalue weighted by Crippen LogP contribution is 2.22. The molecule has 0 aliphatic carbocycles. The largest absolute Gasteiger partial charge is 0.309 e. The maximum Gasteiger partial charge on any atom is 0.123 e. The van der Waals surface area contributed by atoms with Gasteiger partial charge in [-0.15, -0.1) is 0 Å². The van der Waals surface area contributed by atoms with Crippen molar-refractivity contribution in [2.75, 3.05) is 0 Å². The van der Waals surface area contributed by atoms with Crippen molar-refractivity contribution in [3.63, 3.8) is 0 Å². The molecule has 0 saturated carbocycles. The molecular weight excluding hydrogens is 249 g/mol. The summed E-state index contributed by atoms with van der Waals surface area (Å²) in [4.78, 5) is 0. The number of hydrogen-bond acceptors (Lipinski definition) is 1. The van der Waals surface area contributed by atoms with Crippen molar-refractivity contribution < 1.29 is 4.39 Å². The average Bonchev–Trinajstić information content (AvgIpc) is 2.41. The molecule has 0 spiro atoms. The minimum Gasteiger partial charge on any atom is -0.309 e. The molecule has 2 heteroatoms. The molecule has 0 heterocycles. The summed E-state index contributed by atoms with van der Waals surface area (Å²) in [7, 11) is 0. The molecular formula is C18H22FN. The van der Waals surface area contributed by atoms with Gasteiger partial charge in [-0.1, -0.05) is 57.2 Å². The Morgan fingerprint density at radius 2 is 1.25 bits per heavy atom. The zero-order valence-electron chi connectivity index (χ0n) is 12.4. The van der Waals surface area contributed by atoms with Gasteiger partial charge in [-0.3, -0.25) is 0 Å². The van der Waals surface area contributed by atoms with Gasteiger partial charge >= 0.3 is 0 Å². The SMILES string of the molecule is CC(C)(C)c1ccc(CNCc2ccc(F)cc2)cc1. The van der Waals surface area contributed by atoms with Crippen molar-refractivity contribution in [2.24, 2.45) is 0 Å². The summed E-state index contributed by atoms with van der Waals surface area (Å²) in [6.45, 7) is 8.22. The number of nitrogens with one attached hydrogen (secondary N) is 1. The van der Waals surface area contributed by atoms with Gasteiger partial charge in [-0.2, -0.15) is 0 Å². The molecule has 0 saturated heterocycles. The Morgan fingerprint density at radius 1 is 0.800 bits per heavy atom. The molecule has 0 amide bonds. The van der Waals surface area contributed by atoms with E-state index in [9.17, 15) is 4.39 Å². The van der Waals surface area contributed by atoms with Gasteiger partial charge in [0.2, 0.25) is 0 Å². The predicted molar refractivity (Wildman–Crippen MR) is 82.1 cm³/mol. The van der Waals surface area contributed by atoms with Crippen molar-refractivity contribution in [1.82, 2.24) is 5.32 Å². The van der Waals surface area contributed by atoms with E-state index in [0.717, 1.165) is 18.7 Å². The van der Waals surface area contributed by atoms with Crippen LogP contribution >= 0.6 is 0 Å². The first-order chi connectivity index (χ1) is 9.45. The summed E-state index contributed by atoms with van der Waals surface area (Å²) in [6.07, 6.45) is 0. The van der Waals surface area contributed by atoms with Crippen LogP contribution in [0.2, 0.25) is 0 Å². The smallest absolute Gasteiger partial charge is 0.123 e. The van der Waals surface area contributed by atoms with Gasteiger partial charge in [0.1, 0.15) is 5.82 Å². The van der Waals surface area contributed by atoms with Crippen LogP contribution in [0.1, 0.15) is 37.5 Å². The van der Waals surface area contributed by atoms with Crippen LogP contribution in [0.15, 0.2) is 48.5 Å². The summed E-state index contributed by atoms with van der Waals surface area (Å²) < 4.78 is 12.8. The molecule has 0 atom stereocenters. The van der Waals surface area contributed by atoms with E-state index in [0.29, 0.717) is 0 Å². The Bertz CT molecular complexity index is 535. The molecule has 2 aromatic rings. The van der Waals surface area contributed by atoms with Crippen molar-refractivity contribution in [3.05, 3.63) is 71.0 Å². The molecule has 2 aromatic carbocycles. The van der Waals surface area contributed by atoms with Crippen molar-refractivity contribution in [2.45, 2.75) is 39.3 Å². The molecule has 0 radical (unpaired) electrons. The Kier molecular flexibility index (Phi) is 4.56. The van der Waals surface area contributed by atoms with Crippen molar-refractivity contribution in [3.8, 4) is 0 Å². The Morgan fingerprint density at radius 3 is 1.70 bits per heavy atom. The average molecular weight is 271 g/mol. The molecule has 0 unspecified atom stereocenters. The number of hydrogen-bond donors (Lipinski definition) is 1. The molecule has 106 valence electrons. The third-order valence-corrected chi connectivity index (χ3v) is 3.39. The first-order valence-corrected chi connectivity index (χ1v) is 7.00. The summed E-state index contributed by atoms with van der Waals surface area (Å²) >= 11 is 0. The van der Waals surface area contributed by atoms with E-state index in [1.807, 2.05) is 12.1 Å². The van der Waals surface area contributed by atoms with Crippen LogP contribution in [-0.4, -0.2) is 0 Å². The highest BCUT2D eigenvalue weighted by molar-refractivity contribution is 5.27. The van der Waals surface area contributed by atoms with E-state index >= 15 is 0 Å². The summed E-state index contributed by atoms with van der Waals surface area (Å²) in [5, 5.41) is 3.37.